The van der Waals surface area contributed by atoms with Gasteiger partial charge in [-0.2, -0.15) is 0 Å². The zero-order chi connectivity index (χ0) is 67.2. The number of nitrogens with one attached hydrogen (secondary N) is 2. The molecule has 19 rings (SSSR count). The van der Waals surface area contributed by atoms with Crippen LogP contribution in [0, 0.1) is 33.7 Å². The highest BCUT2D eigenvalue weighted by Gasteiger charge is 2.54. The highest BCUT2D eigenvalue weighted by atomic mass is 19.1. The number of hydrogen-bond acceptors (Lipinski definition) is 21. The number of nitrogens with two attached hydrogens (primary N) is 1. The van der Waals surface area contributed by atoms with E-state index in [0.29, 0.717) is 118 Å². The van der Waals surface area contributed by atoms with Gasteiger partial charge in [-0.05, 0) is 150 Å². The van der Waals surface area contributed by atoms with E-state index in [1.807, 2.05) is 12.1 Å². The first-order valence-corrected chi connectivity index (χ1v) is 34.2. The first kappa shape index (κ1) is 68.6. The van der Waals surface area contributed by atoms with E-state index in [1.54, 1.807) is 48.8 Å². The summed E-state index contributed by atoms with van der Waals surface area (Å²) in [6.45, 7) is 3.54. The third kappa shape index (κ3) is 13.7. The van der Waals surface area contributed by atoms with Crippen LogP contribution in [0.25, 0.3) is 33.1 Å². The van der Waals surface area contributed by atoms with Crippen LogP contribution in [0.3, 0.4) is 0 Å². The lowest BCUT2D eigenvalue weighted by Crippen LogP contribution is -2.57. The number of halogens is 3. The Morgan fingerprint density at radius 1 is 0.429 bits per heavy atom. The lowest BCUT2D eigenvalue weighted by atomic mass is 9.54. The van der Waals surface area contributed by atoms with Gasteiger partial charge in [0.1, 0.15) is 43.9 Å². The number of rotatable bonds is 18. The van der Waals surface area contributed by atoms with Crippen molar-refractivity contribution in [1.82, 2.24) is 50.5 Å². The molecule has 9 fully saturated rings. The van der Waals surface area contributed by atoms with Gasteiger partial charge < -0.3 is 64.8 Å². The predicted molar refractivity (Wildman–Crippen MR) is 361 cm³/mol. The molecule has 0 saturated heterocycles. The van der Waals surface area contributed by atoms with Crippen molar-refractivity contribution in [2.75, 3.05) is 47.8 Å². The zero-order valence-electron chi connectivity index (χ0n) is 55.3. The van der Waals surface area contributed by atoms with Crippen LogP contribution in [-0.2, 0) is 32.4 Å². The molecule has 0 amide bonds. The van der Waals surface area contributed by atoms with Crippen LogP contribution >= 0.6 is 0 Å². The Morgan fingerprint density at radius 3 is 1.03 bits per heavy atom. The van der Waals surface area contributed by atoms with Crippen LogP contribution in [0.15, 0.2) is 79.5 Å². The maximum Gasteiger partial charge on any atom is 0.213 e. The van der Waals surface area contributed by atoms with Gasteiger partial charge in [0.05, 0.1) is 115 Å². The van der Waals surface area contributed by atoms with Crippen molar-refractivity contribution < 1.29 is 61.6 Å². The third-order valence-corrected chi connectivity index (χ3v) is 23.4. The Hall–Kier alpha value is -7.87. The van der Waals surface area contributed by atoms with Gasteiger partial charge in [-0.25, -0.2) is 28.1 Å². The van der Waals surface area contributed by atoms with Gasteiger partial charge >= 0.3 is 0 Å². The maximum atomic E-state index is 14.9. The largest absolute Gasteiger partial charge is 0.486 e. The molecule has 1 unspecified atom stereocenters. The minimum Gasteiger partial charge on any atom is -0.486 e. The van der Waals surface area contributed by atoms with E-state index in [4.69, 9.17) is 38.9 Å². The van der Waals surface area contributed by atoms with E-state index >= 15 is 0 Å². The second-order valence-electron chi connectivity index (χ2n) is 28.4. The van der Waals surface area contributed by atoms with Crippen molar-refractivity contribution in [2.24, 2.45) is 22.0 Å². The molecule has 3 atom stereocenters. The summed E-state index contributed by atoms with van der Waals surface area (Å²) in [5.41, 5.74) is 12.1. The molecule has 21 nitrogen and oxygen atoms in total. The topological polar surface area (TPSA) is 278 Å². The van der Waals surface area contributed by atoms with E-state index in [2.05, 4.69) is 50.5 Å². The van der Waals surface area contributed by atoms with Crippen LogP contribution in [0.5, 0.6) is 40.6 Å². The number of ether oxygens (including phenoxy) is 7. The van der Waals surface area contributed by atoms with Crippen molar-refractivity contribution in [3.05, 3.63) is 125 Å². The summed E-state index contributed by atoms with van der Waals surface area (Å²) in [5.74, 6) is 2.83. The SMILES string of the molecule is C.COc1ccc2ncc(F)c(CC(O)C34CCC(N)(CC3)CC4)c2n1.COc1ccc2ncc(F)c(C[C@@H](O)C34CCC(NCc5cc6c(cn5)OCCO6)(CC3)CC4)c2n1.COc1ccc2ncc(F)c(C[C@H](O)C34CCC(NCc5cc6c(cn5)OCCO6)(CC3)CC4)c2n1. The quantitative estimate of drug-likeness (QED) is 0.0466. The Kier molecular flexibility index (Phi) is 19.6. The van der Waals surface area contributed by atoms with Crippen LogP contribution in [-0.4, -0.2) is 138 Å². The smallest absolute Gasteiger partial charge is 0.213 e. The number of fused-ring (bicyclic) bond motifs is 14. The summed E-state index contributed by atoms with van der Waals surface area (Å²) in [4.78, 5) is 34.7. The van der Waals surface area contributed by atoms with E-state index in [0.717, 1.165) is 138 Å². The van der Waals surface area contributed by atoms with Gasteiger partial charge in [-0.15, -0.1) is 0 Å². The fraction of sp³-hybridized carbons (Fsp3) is 0.541. The second-order valence-corrected chi connectivity index (χ2v) is 28.4. The standard InChI is InChI=1S/2C27H31FN4O4.C19H24FN3O2.CH4/c2*1-34-24-3-2-20-25(32-24)18(19(28)15-30-20)13-23(33)26-4-7-27(8-5-26,9-6-26)31-14-17-12-21-22(16-29-17)36-11-10-35-21;1-25-16-3-2-14-17(23-16)12(13(20)11-22-14)10-15(24)18-4-7-19(21,8-5-18)9-6-18;/h2*2-3,12,15-16,23,31,33H,4-11,13-14H2,1H3;2-3,11,15,24H,4-10,21H2,1H3;1H4/t2*23-,26?,27?;;/m10../s1. The first-order chi connectivity index (χ1) is 46.9. The highest BCUT2D eigenvalue weighted by molar-refractivity contribution is 5.80. The molecule has 0 spiro atoms. The van der Waals surface area contributed by atoms with Gasteiger partial charge in [0.2, 0.25) is 17.6 Å². The normalized spacial score (nSPS) is 26.4. The van der Waals surface area contributed by atoms with E-state index in [-0.39, 0.29) is 59.6 Å². The Morgan fingerprint density at radius 2 is 0.724 bits per heavy atom. The molecule has 522 valence electrons. The van der Waals surface area contributed by atoms with Crippen molar-refractivity contribution in [3.8, 4) is 40.6 Å². The molecule has 24 heteroatoms. The van der Waals surface area contributed by atoms with E-state index < -0.39 is 35.8 Å². The maximum absolute atomic E-state index is 14.9. The molecule has 8 aromatic rings. The van der Waals surface area contributed by atoms with Gasteiger partial charge in [0, 0.05) is 96.0 Å². The molecular formula is C74H90F3N11O10. The molecule has 0 aromatic carbocycles. The first-order valence-electron chi connectivity index (χ1n) is 34.2. The fourth-order valence-corrected chi connectivity index (χ4v) is 16.8. The molecule has 10 heterocycles. The highest BCUT2D eigenvalue weighted by Crippen LogP contribution is 2.57. The number of aliphatic hydroxyl groups is 3. The number of aromatic nitrogens is 8. The van der Waals surface area contributed by atoms with Gasteiger partial charge in [-0.3, -0.25) is 24.9 Å². The molecule has 2 aliphatic heterocycles. The Balaban J connectivity index is 0.000000134. The fourth-order valence-electron chi connectivity index (χ4n) is 16.8. The van der Waals surface area contributed by atoms with Crippen molar-refractivity contribution in [2.45, 2.75) is 190 Å². The Labute approximate surface area is 568 Å². The monoisotopic (exact) mass is 1350 g/mol. The lowest BCUT2D eigenvalue weighted by molar-refractivity contribution is -0.0703. The van der Waals surface area contributed by atoms with Gasteiger partial charge in [-0.1, -0.05) is 7.43 Å². The number of aliphatic hydroxyl groups excluding tert-OH is 3. The molecule has 9 saturated carbocycles. The summed E-state index contributed by atoms with van der Waals surface area (Å²) >= 11 is 0. The average Bonchev–Trinajstić information content (AvgIpc) is 0.709. The van der Waals surface area contributed by atoms with Crippen LogP contribution < -0.4 is 49.5 Å². The number of pyridine rings is 8. The Bertz CT molecular complexity index is 3940. The van der Waals surface area contributed by atoms with Crippen LogP contribution in [0.1, 0.15) is 151 Å². The molecule has 6 bridgehead atoms. The summed E-state index contributed by atoms with van der Waals surface area (Å²) in [6.07, 6.45) is 22.7. The lowest BCUT2D eigenvalue weighted by Gasteiger charge is -2.55. The minimum absolute atomic E-state index is 0. The molecule has 0 radical (unpaired) electrons. The molecular weight excluding hydrogens is 1260 g/mol. The van der Waals surface area contributed by atoms with E-state index in [1.165, 1.54) is 39.9 Å². The van der Waals surface area contributed by atoms with Crippen molar-refractivity contribution in [3.63, 3.8) is 0 Å². The van der Waals surface area contributed by atoms with Crippen molar-refractivity contribution in [1.29, 1.82) is 0 Å². The number of nitrogens with zero attached hydrogens (tertiary/aromatic N) is 8. The van der Waals surface area contributed by atoms with Gasteiger partial charge in [0.15, 0.2) is 23.0 Å². The van der Waals surface area contributed by atoms with E-state index in [9.17, 15) is 28.5 Å². The van der Waals surface area contributed by atoms with Crippen LogP contribution in [0.4, 0.5) is 13.2 Å². The minimum atomic E-state index is -0.650. The van der Waals surface area contributed by atoms with Crippen molar-refractivity contribution >= 4 is 33.1 Å². The summed E-state index contributed by atoms with van der Waals surface area (Å²) in [5, 5.41) is 41.4. The second kappa shape index (κ2) is 28.0. The summed E-state index contributed by atoms with van der Waals surface area (Å²) in [7, 11) is 4.59. The average molecular weight is 1350 g/mol. The summed E-state index contributed by atoms with van der Waals surface area (Å²) < 4.78 is 82.4. The zero-order valence-corrected chi connectivity index (χ0v) is 55.3. The summed E-state index contributed by atoms with van der Waals surface area (Å²) in [6, 6.07) is 14.3. The molecule has 8 aromatic heterocycles. The number of hydrogen-bond donors (Lipinski definition) is 6. The van der Waals surface area contributed by atoms with Crippen LogP contribution in [0.2, 0.25) is 0 Å². The third-order valence-electron chi connectivity index (χ3n) is 23.4. The predicted octanol–water partition coefficient (Wildman–Crippen LogP) is 10.8. The molecule has 9 aliphatic carbocycles. The number of methoxy groups -OCH3 is 3. The molecule has 11 aliphatic rings. The van der Waals surface area contributed by atoms with Gasteiger partial charge in [0.25, 0.3) is 0 Å². The molecule has 7 N–H and O–H groups in total. The molecule has 98 heavy (non-hydrogen) atoms.